The number of nitriles is 1. The highest BCUT2D eigenvalue weighted by Crippen LogP contribution is 2.20. The summed E-state index contributed by atoms with van der Waals surface area (Å²) in [5, 5.41) is 19.5. The van der Waals surface area contributed by atoms with Crippen LogP contribution in [0.15, 0.2) is 48.5 Å². The predicted molar refractivity (Wildman–Crippen MR) is 71.3 cm³/mol. The number of nitrogens with zero attached hydrogens (tertiary/aromatic N) is 1. The van der Waals surface area contributed by atoms with Crippen LogP contribution in [-0.4, -0.2) is 5.11 Å². The topological polar surface area (TPSA) is 44.0 Å². The van der Waals surface area contributed by atoms with Crippen LogP contribution in [0.3, 0.4) is 0 Å². The summed E-state index contributed by atoms with van der Waals surface area (Å²) in [6.07, 6.45) is -0.0396. The third-order valence-corrected chi connectivity index (χ3v) is 3.02. The van der Waals surface area contributed by atoms with E-state index in [0.29, 0.717) is 17.0 Å². The van der Waals surface area contributed by atoms with Crippen LogP contribution in [0.1, 0.15) is 22.8 Å². The first-order valence-electron chi connectivity index (χ1n) is 5.61. The third kappa shape index (κ3) is 3.10. The Balaban J connectivity index is 2.09. The molecule has 2 aromatic carbocycles. The number of aliphatic hydroxyl groups is 1. The van der Waals surface area contributed by atoms with Crippen LogP contribution in [-0.2, 0) is 6.42 Å². The van der Waals surface area contributed by atoms with E-state index in [4.69, 9.17) is 16.9 Å². The van der Waals surface area contributed by atoms with Crippen LogP contribution in [0.5, 0.6) is 0 Å². The van der Waals surface area contributed by atoms with Crippen molar-refractivity contribution in [2.24, 2.45) is 0 Å². The molecule has 0 aromatic heterocycles. The van der Waals surface area contributed by atoms with Gasteiger partial charge in [0.2, 0.25) is 0 Å². The predicted octanol–water partition coefficient (Wildman–Crippen LogP) is 3.49. The van der Waals surface area contributed by atoms with Gasteiger partial charge >= 0.3 is 0 Å². The van der Waals surface area contributed by atoms with Crippen LogP contribution < -0.4 is 0 Å². The first kappa shape index (κ1) is 12.6. The lowest BCUT2D eigenvalue weighted by Gasteiger charge is -2.11. The number of hydrogen-bond acceptors (Lipinski definition) is 2. The van der Waals surface area contributed by atoms with Crippen molar-refractivity contribution in [1.29, 1.82) is 5.26 Å². The van der Waals surface area contributed by atoms with Gasteiger partial charge in [0, 0.05) is 11.4 Å². The summed E-state index contributed by atoms with van der Waals surface area (Å²) in [5.74, 6) is 0. The second-order valence-corrected chi connectivity index (χ2v) is 4.52. The molecule has 0 radical (unpaired) electrons. The maximum Gasteiger partial charge on any atom is 0.0991 e. The van der Waals surface area contributed by atoms with Gasteiger partial charge in [-0.1, -0.05) is 35.9 Å². The fraction of sp³-hybridized carbons (Fsp3) is 0.133. The zero-order valence-electron chi connectivity index (χ0n) is 9.68. The molecule has 1 atom stereocenters. The summed E-state index contributed by atoms with van der Waals surface area (Å²) in [7, 11) is 0. The SMILES string of the molecule is N#Cc1ccc(C(O)Cc2ccc(Cl)cc2)cc1. The molecule has 0 heterocycles. The lowest BCUT2D eigenvalue weighted by atomic mass is 10.0. The Hall–Kier alpha value is -1.82. The lowest BCUT2D eigenvalue weighted by Crippen LogP contribution is -2.01. The van der Waals surface area contributed by atoms with E-state index in [-0.39, 0.29) is 0 Å². The van der Waals surface area contributed by atoms with E-state index >= 15 is 0 Å². The van der Waals surface area contributed by atoms with Gasteiger partial charge < -0.3 is 5.11 Å². The summed E-state index contributed by atoms with van der Waals surface area (Å²) >= 11 is 5.81. The first-order valence-corrected chi connectivity index (χ1v) is 5.99. The molecule has 0 saturated carbocycles. The molecule has 1 N–H and O–H groups in total. The quantitative estimate of drug-likeness (QED) is 0.915. The standard InChI is InChI=1S/C15H12ClNO/c16-14-7-3-11(4-8-14)9-15(18)13-5-1-12(10-17)2-6-13/h1-8,15,18H,9H2. The van der Waals surface area contributed by atoms with Gasteiger partial charge in [-0.2, -0.15) is 5.26 Å². The van der Waals surface area contributed by atoms with E-state index in [9.17, 15) is 5.11 Å². The number of halogens is 1. The van der Waals surface area contributed by atoms with Gasteiger partial charge in [-0.05, 0) is 35.4 Å². The molecule has 0 aliphatic rings. The maximum absolute atomic E-state index is 10.1. The number of hydrogen-bond donors (Lipinski definition) is 1. The monoisotopic (exact) mass is 257 g/mol. The minimum atomic E-state index is -0.570. The molecule has 0 fully saturated rings. The van der Waals surface area contributed by atoms with Crippen molar-refractivity contribution < 1.29 is 5.11 Å². The van der Waals surface area contributed by atoms with Crippen LogP contribution in [0.25, 0.3) is 0 Å². The average molecular weight is 258 g/mol. The van der Waals surface area contributed by atoms with Gasteiger partial charge in [-0.25, -0.2) is 0 Å². The third-order valence-electron chi connectivity index (χ3n) is 2.77. The average Bonchev–Trinajstić information content (AvgIpc) is 2.41. The van der Waals surface area contributed by atoms with E-state index < -0.39 is 6.10 Å². The van der Waals surface area contributed by atoms with Crippen LogP contribution in [0, 0.1) is 11.3 Å². The fourth-order valence-electron chi connectivity index (χ4n) is 1.74. The first-order chi connectivity index (χ1) is 8.69. The summed E-state index contributed by atoms with van der Waals surface area (Å²) in [5.41, 5.74) is 2.43. The van der Waals surface area contributed by atoms with E-state index in [2.05, 4.69) is 6.07 Å². The molecule has 90 valence electrons. The largest absolute Gasteiger partial charge is 0.388 e. The smallest absolute Gasteiger partial charge is 0.0991 e. The Morgan fingerprint density at radius 1 is 1.06 bits per heavy atom. The van der Waals surface area contributed by atoms with Crippen molar-refractivity contribution in [2.45, 2.75) is 12.5 Å². The number of rotatable bonds is 3. The second kappa shape index (κ2) is 5.68. The molecular formula is C15H12ClNO. The molecule has 2 aromatic rings. The van der Waals surface area contributed by atoms with E-state index in [1.807, 2.05) is 24.3 Å². The van der Waals surface area contributed by atoms with Crippen molar-refractivity contribution in [3.8, 4) is 6.07 Å². The van der Waals surface area contributed by atoms with Crippen molar-refractivity contribution in [3.05, 3.63) is 70.2 Å². The van der Waals surface area contributed by atoms with E-state index in [1.54, 1.807) is 24.3 Å². The molecule has 0 saturated heterocycles. The molecular weight excluding hydrogens is 246 g/mol. The number of benzene rings is 2. The van der Waals surface area contributed by atoms with Crippen LogP contribution in [0.4, 0.5) is 0 Å². The molecule has 2 rings (SSSR count). The van der Waals surface area contributed by atoms with E-state index in [1.165, 1.54) is 0 Å². The highest BCUT2D eigenvalue weighted by Gasteiger charge is 2.08. The van der Waals surface area contributed by atoms with Gasteiger partial charge in [0.15, 0.2) is 0 Å². The lowest BCUT2D eigenvalue weighted by molar-refractivity contribution is 0.178. The molecule has 0 aliphatic carbocycles. The van der Waals surface area contributed by atoms with Gasteiger partial charge in [0.05, 0.1) is 17.7 Å². The molecule has 3 heteroatoms. The van der Waals surface area contributed by atoms with Crippen molar-refractivity contribution in [3.63, 3.8) is 0 Å². The minimum absolute atomic E-state index is 0.531. The molecule has 1 unspecified atom stereocenters. The molecule has 2 nitrogen and oxygen atoms in total. The fourth-order valence-corrected chi connectivity index (χ4v) is 1.87. The molecule has 0 spiro atoms. The Labute approximate surface area is 111 Å². The van der Waals surface area contributed by atoms with Crippen molar-refractivity contribution in [1.82, 2.24) is 0 Å². The highest BCUT2D eigenvalue weighted by molar-refractivity contribution is 6.30. The maximum atomic E-state index is 10.1. The summed E-state index contributed by atoms with van der Waals surface area (Å²) < 4.78 is 0. The van der Waals surface area contributed by atoms with Crippen molar-refractivity contribution >= 4 is 11.6 Å². The number of aliphatic hydroxyl groups excluding tert-OH is 1. The Bertz CT molecular complexity index is 555. The van der Waals surface area contributed by atoms with Crippen LogP contribution in [0.2, 0.25) is 5.02 Å². The molecule has 18 heavy (non-hydrogen) atoms. The van der Waals surface area contributed by atoms with Gasteiger partial charge in [-0.15, -0.1) is 0 Å². The van der Waals surface area contributed by atoms with Crippen LogP contribution >= 0.6 is 11.6 Å². The Morgan fingerprint density at radius 2 is 1.67 bits per heavy atom. The molecule has 0 bridgehead atoms. The normalized spacial score (nSPS) is 11.8. The second-order valence-electron chi connectivity index (χ2n) is 4.08. The van der Waals surface area contributed by atoms with Crippen molar-refractivity contribution in [2.75, 3.05) is 0 Å². The summed E-state index contributed by atoms with van der Waals surface area (Å²) in [4.78, 5) is 0. The highest BCUT2D eigenvalue weighted by atomic mass is 35.5. The van der Waals surface area contributed by atoms with Gasteiger partial charge in [0.25, 0.3) is 0 Å². The molecule has 0 amide bonds. The Morgan fingerprint density at radius 3 is 2.22 bits per heavy atom. The van der Waals surface area contributed by atoms with E-state index in [0.717, 1.165) is 11.1 Å². The van der Waals surface area contributed by atoms with Gasteiger partial charge in [-0.3, -0.25) is 0 Å². The minimum Gasteiger partial charge on any atom is -0.388 e. The zero-order valence-corrected chi connectivity index (χ0v) is 10.4. The molecule has 0 aliphatic heterocycles. The Kier molecular flexibility index (Phi) is 3.99. The van der Waals surface area contributed by atoms with Gasteiger partial charge in [0.1, 0.15) is 0 Å². The summed E-state index contributed by atoms with van der Waals surface area (Å²) in [6.45, 7) is 0. The summed E-state index contributed by atoms with van der Waals surface area (Å²) in [6, 6.07) is 16.4. The zero-order chi connectivity index (χ0) is 13.0.